The molecule has 0 amide bonds. The highest BCUT2D eigenvalue weighted by Gasteiger charge is 2.44. The molecule has 2 bridgehead atoms. The van der Waals surface area contributed by atoms with E-state index in [4.69, 9.17) is 22.1 Å². The molecule has 10 heteroatoms. The number of nitrogens with one attached hydrogen (secondary N) is 1. The van der Waals surface area contributed by atoms with Crippen molar-refractivity contribution in [3.05, 3.63) is 40.9 Å². The van der Waals surface area contributed by atoms with E-state index in [-0.39, 0.29) is 28.2 Å². The molecule has 34 heavy (non-hydrogen) atoms. The predicted octanol–water partition coefficient (Wildman–Crippen LogP) is 4.46. The van der Waals surface area contributed by atoms with Crippen molar-refractivity contribution >= 4 is 54.7 Å². The molecule has 2 fully saturated rings. The zero-order valence-corrected chi connectivity index (χ0v) is 19.4. The van der Waals surface area contributed by atoms with E-state index in [1.807, 2.05) is 6.07 Å². The van der Waals surface area contributed by atoms with Crippen molar-refractivity contribution in [2.75, 3.05) is 23.8 Å². The summed E-state index contributed by atoms with van der Waals surface area (Å²) in [6, 6.07) is 8.30. The van der Waals surface area contributed by atoms with Crippen LogP contribution in [0.1, 0.15) is 18.4 Å². The topological polar surface area (TPSA) is 100 Å². The second kappa shape index (κ2) is 7.15. The lowest BCUT2D eigenvalue weighted by molar-refractivity contribution is 0.244. The number of aromatic nitrogens is 2. The average molecular weight is 493 g/mol. The highest BCUT2D eigenvalue weighted by Crippen LogP contribution is 2.50. The fourth-order valence-electron chi connectivity index (χ4n) is 5.77. The first-order valence-corrected chi connectivity index (χ1v) is 12.3. The molecular weight excluding hydrogens is 475 g/mol. The summed E-state index contributed by atoms with van der Waals surface area (Å²) in [5.74, 6) is 0.477. The van der Waals surface area contributed by atoms with Crippen LogP contribution in [0, 0.1) is 17.1 Å². The molecule has 2 aromatic heterocycles. The number of hydrogen-bond donors (Lipinski definition) is 2. The summed E-state index contributed by atoms with van der Waals surface area (Å²) in [6.45, 7) is 1.18. The first-order chi connectivity index (χ1) is 16.6. The number of nitrogens with zero attached hydrogens (tertiary/aromatic N) is 4. The Hall–Kier alpha value is -3.19. The van der Waals surface area contributed by atoms with Crippen molar-refractivity contribution < 1.29 is 9.13 Å². The van der Waals surface area contributed by atoms with E-state index < -0.39 is 5.82 Å². The van der Waals surface area contributed by atoms with Crippen molar-refractivity contribution in [2.45, 2.75) is 31.0 Å². The average Bonchev–Trinajstić information content (AvgIpc) is 3.33. The zero-order valence-electron chi connectivity index (χ0n) is 17.8. The van der Waals surface area contributed by atoms with Gasteiger partial charge in [-0.2, -0.15) is 5.26 Å². The Balaban J connectivity index is 1.53. The number of benzene rings is 2. The van der Waals surface area contributed by atoms with Gasteiger partial charge < -0.3 is 20.7 Å². The number of nitrogens with two attached hydrogens (primary N) is 1. The van der Waals surface area contributed by atoms with Gasteiger partial charge in [0.25, 0.3) is 0 Å². The Morgan fingerprint density at radius 3 is 3.03 bits per heavy atom. The van der Waals surface area contributed by atoms with Gasteiger partial charge in [0.1, 0.15) is 35.3 Å². The standard InChI is InChI=1S/C24H18ClFN6OS/c25-19-17(11-2-1-3-15-16(11)12(6-27)23(28)34-15)20(26)21-18-22(19)33-8-14-13-5-4-10(31-13)7-32(14)24(18)30-9-29-21/h1-3,9-10,13-14,31H,4-5,7-8,28H2. The van der Waals surface area contributed by atoms with Crippen LogP contribution >= 0.6 is 22.9 Å². The van der Waals surface area contributed by atoms with Crippen LogP contribution in [-0.4, -0.2) is 41.2 Å². The highest BCUT2D eigenvalue weighted by atomic mass is 35.5. The number of hydrogen-bond acceptors (Lipinski definition) is 8. The van der Waals surface area contributed by atoms with E-state index in [1.54, 1.807) is 12.1 Å². The second-order valence-corrected chi connectivity index (χ2v) is 10.4. The maximum atomic E-state index is 16.3. The summed E-state index contributed by atoms with van der Waals surface area (Å²) in [5.41, 5.74) is 7.22. The van der Waals surface area contributed by atoms with Crippen LogP contribution in [0.3, 0.4) is 0 Å². The van der Waals surface area contributed by atoms with Crippen molar-refractivity contribution in [1.29, 1.82) is 5.26 Å². The van der Waals surface area contributed by atoms with Crippen molar-refractivity contribution in [1.82, 2.24) is 15.3 Å². The van der Waals surface area contributed by atoms with Gasteiger partial charge in [0.15, 0.2) is 11.6 Å². The SMILES string of the molecule is N#Cc1c(N)sc2cccc(-c3c(Cl)c4c5c(ncnc5c3F)N3CC5CCC(N5)C3CO4)c12. The van der Waals surface area contributed by atoms with E-state index in [2.05, 4.69) is 26.3 Å². The zero-order chi connectivity index (χ0) is 23.1. The molecule has 0 spiro atoms. The van der Waals surface area contributed by atoms with Gasteiger partial charge in [-0.15, -0.1) is 11.3 Å². The van der Waals surface area contributed by atoms with E-state index in [0.29, 0.717) is 51.1 Å². The number of thiophene rings is 1. The van der Waals surface area contributed by atoms with Crippen LogP contribution in [0.4, 0.5) is 15.2 Å². The molecule has 5 heterocycles. The quantitative estimate of drug-likeness (QED) is 0.404. The van der Waals surface area contributed by atoms with Gasteiger partial charge in [0.05, 0.1) is 22.0 Å². The van der Waals surface area contributed by atoms with E-state index in [9.17, 15) is 5.26 Å². The molecule has 0 aliphatic carbocycles. The monoisotopic (exact) mass is 492 g/mol. The lowest BCUT2D eigenvalue weighted by atomic mass is 9.96. The maximum Gasteiger partial charge on any atom is 0.159 e. The predicted molar refractivity (Wildman–Crippen MR) is 131 cm³/mol. The molecular formula is C24H18ClFN6OS. The fourth-order valence-corrected chi connectivity index (χ4v) is 7.05. The van der Waals surface area contributed by atoms with Gasteiger partial charge in [0, 0.05) is 34.3 Å². The van der Waals surface area contributed by atoms with Crippen LogP contribution in [-0.2, 0) is 0 Å². The lowest BCUT2D eigenvalue weighted by Gasteiger charge is -2.40. The number of nitrogen functional groups attached to an aromatic ring is 1. The number of rotatable bonds is 1. The first kappa shape index (κ1) is 20.2. The van der Waals surface area contributed by atoms with Crippen LogP contribution in [0.5, 0.6) is 5.75 Å². The van der Waals surface area contributed by atoms with Gasteiger partial charge >= 0.3 is 0 Å². The summed E-state index contributed by atoms with van der Waals surface area (Å²) in [7, 11) is 0. The summed E-state index contributed by atoms with van der Waals surface area (Å²) >= 11 is 8.21. The number of nitriles is 1. The number of ether oxygens (including phenoxy) is 1. The van der Waals surface area contributed by atoms with Crippen LogP contribution in [0.15, 0.2) is 24.5 Å². The van der Waals surface area contributed by atoms with Gasteiger partial charge in [-0.1, -0.05) is 23.7 Å². The molecule has 3 atom stereocenters. The van der Waals surface area contributed by atoms with Gasteiger partial charge in [0.2, 0.25) is 0 Å². The Morgan fingerprint density at radius 1 is 1.29 bits per heavy atom. The molecule has 3 unspecified atom stereocenters. The Kier molecular flexibility index (Phi) is 4.25. The number of piperazine rings is 1. The van der Waals surface area contributed by atoms with E-state index >= 15 is 4.39 Å². The summed E-state index contributed by atoms with van der Waals surface area (Å²) in [5, 5.41) is 15.0. The van der Waals surface area contributed by atoms with Crippen molar-refractivity contribution in [3.8, 4) is 22.9 Å². The normalized spacial score (nSPS) is 23.0. The minimum Gasteiger partial charge on any atom is -0.489 e. The third-order valence-electron chi connectivity index (χ3n) is 7.25. The van der Waals surface area contributed by atoms with Gasteiger partial charge in [-0.3, -0.25) is 0 Å². The fraction of sp³-hybridized carbons (Fsp3) is 0.292. The highest BCUT2D eigenvalue weighted by molar-refractivity contribution is 7.23. The third kappa shape index (κ3) is 2.59. The summed E-state index contributed by atoms with van der Waals surface area (Å²) in [6.07, 6.45) is 3.56. The number of halogens is 2. The summed E-state index contributed by atoms with van der Waals surface area (Å²) in [4.78, 5) is 11.1. The molecule has 3 N–H and O–H groups in total. The molecule has 3 aliphatic rings. The molecule has 3 aliphatic heterocycles. The number of anilines is 2. The second-order valence-electron chi connectivity index (χ2n) is 8.96. The lowest BCUT2D eigenvalue weighted by Crippen LogP contribution is -2.60. The van der Waals surface area contributed by atoms with Gasteiger partial charge in [-0.05, 0) is 24.5 Å². The molecule has 7 nitrogen and oxygen atoms in total. The number of fused-ring (bicyclic) bond motifs is 6. The molecule has 0 saturated carbocycles. The molecule has 0 radical (unpaired) electrons. The van der Waals surface area contributed by atoms with Crippen LogP contribution in [0.2, 0.25) is 5.02 Å². The Bertz CT molecular complexity index is 1570. The molecule has 4 aromatic rings. The largest absolute Gasteiger partial charge is 0.489 e. The summed E-state index contributed by atoms with van der Waals surface area (Å²) < 4.78 is 23.4. The Labute approximate surface area is 202 Å². The smallest absolute Gasteiger partial charge is 0.159 e. The minimum atomic E-state index is -0.561. The molecule has 2 aromatic carbocycles. The minimum absolute atomic E-state index is 0.0668. The van der Waals surface area contributed by atoms with Gasteiger partial charge in [-0.25, -0.2) is 14.4 Å². The Morgan fingerprint density at radius 2 is 2.18 bits per heavy atom. The van der Waals surface area contributed by atoms with E-state index in [1.165, 1.54) is 17.7 Å². The third-order valence-corrected chi connectivity index (χ3v) is 8.60. The first-order valence-electron chi connectivity index (χ1n) is 11.1. The van der Waals surface area contributed by atoms with Crippen LogP contribution in [0.25, 0.3) is 32.1 Å². The van der Waals surface area contributed by atoms with Crippen molar-refractivity contribution in [3.63, 3.8) is 0 Å². The maximum absolute atomic E-state index is 16.3. The van der Waals surface area contributed by atoms with Crippen molar-refractivity contribution in [2.24, 2.45) is 0 Å². The molecule has 7 rings (SSSR count). The molecule has 2 saturated heterocycles. The molecule has 170 valence electrons. The van der Waals surface area contributed by atoms with Crippen LogP contribution < -0.4 is 20.7 Å². The van der Waals surface area contributed by atoms with E-state index in [0.717, 1.165) is 24.1 Å².